The molecule has 31 heavy (non-hydrogen) atoms. The van der Waals surface area contributed by atoms with E-state index in [9.17, 15) is 14.7 Å². The molecule has 1 aliphatic heterocycles. The average molecular weight is 467 g/mol. The second kappa shape index (κ2) is 10.1. The van der Waals surface area contributed by atoms with E-state index in [1.165, 1.54) is 0 Å². The Morgan fingerprint density at radius 1 is 1.26 bits per heavy atom. The molecule has 0 bridgehead atoms. The molecule has 1 heterocycles. The number of piperidine rings is 1. The van der Waals surface area contributed by atoms with Gasteiger partial charge in [-0.1, -0.05) is 50.4 Å². The van der Waals surface area contributed by atoms with Gasteiger partial charge in [-0.05, 0) is 55.4 Å². The average Bonchev–Trinajstić information content (AvgIpc) is 3.28. The number of halogens is 1. The Kier molecular flexibility index (Phi) is 7.98. The molecule has 0 aromatic heterocycles. The highest BCUT2D eigenvalue weighted by Crippen LogP contribution is 2.46. The summed E-state index contributed by atoms with van der Waals surface area (Å²) in [5, 5.41) is 15.3. The van der Waals surface area contributed by atoms with Gasteiger partial charge in [0.15, 0.2) is 0 Å². The predicted molar refractivity (Wildman–Crippen MR) is 127 cm³/mol. The minimum absolute atomic E-state index is 0.0193. The number of amides is 2. The minimum atomic E-state index is -1.05. The molecule has 172 valence electrons. The van der Waals surface area contributed by atoms with Crippen molar-refractivity contribution >= 4 is 35.2 Å². The molecule has 3 rings (SSSR count). The summed E-state index contributed by atoms with van der Waals surface area (Å²) in [5.74, 6) is 0.836. The number of hydrogen-bond donors (Lipinski definition) is 2. The van der Waals surface area contributed by atoms with E-state index in [0.717, 1.165) is 37.0 Å². The van der Waals surface area contributed by atoms with Crippen LogP contribution in [0.25, 0.3) is 0 Å². The first-order chi connectivity index (χ1) is 14.7. The lowest BCUT2D eigenvalue weighted by atomic mass is 9.66. The lowest BCUT2D eigenvalue weighted by Crippen LogP contribution is -2.60. The molecule has 5 nitrogen and oxygen atoms in total. The number of aliphatic hydroxyl groups is 1. The molecule has 1 aromatic rings. The number of rotatable bonds is 7. The SMILES string of the molecule is CSCC[C@@H](NC(=O)C1CCCC1)C(=O)N1CC[C@](O)(c2ccc(Cl)cc2)C(C)(C)C1. The summed E-state index contributed by atoms with van der Waals surface area (Å²) in [6.45, 7) is 4.88. The van der Waals surface area contributed by atoms with Gasteiger partial charge in [0, 0.05) is 29.4 Å². The first-order valence-corrected chi connectivity index (χ1v) is 13.0. The number of carbonyl (C=O) groups excluding carboxylic acids is 2. The summed E-state index contributed by atoms with van der Waals surface area (Å²) in [7, 11) is 0. The van der Waals surface area contributed by atoms with Crippen molar-refractivity contribution in [2.45, 2.75) is 64.0 Å². The van der Waals surface area contributed by atoms with Crippen LogP contribution in [0.15, 0.2) is 24.3 Å². The van der Waals surface area contributed by atoms with E-state index in [2.05, 4.69) is 5.32 Å². The van der Waals surface area contributed by atoms with Crippen molar-refractivity contribution < 1.29 is 14.7 Å². The lowest BCUT2D eigenvalue weighted by molar-refractivity contribution is -0.156. The molecule has 1 aliphatic carbocycles. The highest BCUT2D eigenvalue weighted by Gasteiger charge is 2.50. The van der Waals surface area contributed by atoms with E-state index in [1.807, 2.05) is 37.1 Å². The maximum Gasteiger partial charge on any atom is 0.245 e. The van der Waals surface area contributed by atoms with Gasteiger partial charge in [-0.25, -0.2) is 0 Å². The van der Waals surface area contributed by atoms with Crippen LogP contribution in [0.4, 0.5) is 0 Å². The quantitative estimate of drug-likeness (QED) is 0.631. The normalized spacial score (nSPS) is 24.7. The summed E-state index contributed by atoms with van der Waals surface area (Å²) < 4.78 is 0. The van der Waals surface area contributed by atoms with Crippen LogP contribution < -0.4 is 5.32 Å². The smallest absolute Gasteiger partial charge is 0.245 e. The number of likely N-dealkylation sites (tertiary alicyclic amines) is 1. The molecule has 2 atom stereocenters. The number of benzene rings is 1. The van der Waals surface area contributed by atoms with Crippen LogP contribution in [0, 0.1) is 11.3 Å². The molecule has 0 spiro atoms. The molecule has 1 saturated carbocycles. The zero-order chi connectivity index (χ0) is 22.6. The first-order valence-electron chi connectivity index (χ1n) is 11.2. The number of hydrogen-bond acceptors (Lipinski definition) is 4. The fraction of sp³-hybridized carbons (Fsp3) is 0.667. The topological polar surface area (TPSA) is 69.6 Å². The molecule has 0 radical (unpaired) electrons. The molecule has 1 saturated heterocycles. The Balaban J connectivity index is 1.72. The highest BCUT2D eigenvalue weighted by atomic mass is 35.5. The van der Waals surface area contributed by atoms with E-state index in [1.54, 1.807) is 23.9 Å². The zero-order valence-corrected chi connectivity index (χ0v) is 20.4. The summed E-state index contributed by atoms with van der Waals surface area (Å²) >= 11 is 7.70. The van der Waals surface area contributed by atoms with Crippen molar-refractivity contribution in [1.29, 1.82) is 0 Å². The first kappa shape index (κ1) is 24.4. The summed E-state index contributed by atoms with van der Waals surface area (Å²) in [6, 6.07) is 6.81. The van der Waals surface area contributed by atoms with Crippen LogP contribution in [0.1, 0.15) is 57.9 Å². The third-order valence-corrected chi connectivity index (χ3v) is 7.93. The standard InChI is InChI=1S/C24H35ClN2O3S/c1-23(2)16-27(14-13-24(23,30)18-8-10-19(25)11-9-18)22(29)20(12-15-31-3)26-21(28)17-6-4-5-7-17/h8-11,17,20,30H,4-7,12-16H2,1-3H3,(H,26,28)/t20-,24+/m1/s1. The second-order valence-electron chi connectivity index (χ2n) is 9.58. The van der Waals surface area contributed by atoms with Gasteiger partial charge < -0.3 is 15.3 Å². The minimum Gasteiger partial charge on any atom is -0.384 e. The Morgan fingerprint density at radius 2 is 1.90 bits per heavy atom. The van der Waals surface area contributed by atoms with Crippen LogP contribution in [0.2, 0.25) is 5.02 Å². The van der Waals surface area contributed by atoms with E-state index in [-0.39, 0.29) is 17.7 Å². The van der Waals surface area contributed by atoms with Crippen LogP contribution >= 0.6 is 23.4 Å². The highest BCUT2D eigenvalue weighted by molar-refractivity contribution is 7.98. The molecular formula is C24H35ClN2O3S. The summed E-state index contributed by atoms with van der Waals surface area (Å²) in [4.78, 5) is 28.0. The van der Waals surface area contributed by atoms with E-state index < -0.39 is 17.1 Å². The summed E-state index contributed by atoms with van der Waals surface area (Å²) in [6.07, 6.45) is 7.09. The molecule has 1 aromatic carbocycles. The Hall–Kier alpha value is -1.24. The molecular weight excluding hydrogens is 432 g/mol. The van der Waals surface area contributed by atoms with Crippen LogP contribution in [-0.2, 0) is 15.2 Å². The largest absolute Gasteiger partial charge is 0.384 e. The number of carbonyl (C=O) groups is 2. The molecule has 2 fully saturated rings. The van der Waals surface area contributed by atoms with Crippen LogP contribution in [0.3, 0.4) is 0 Å². The third-order valence-electron chi connectivity index (χ3n) is 7.03. The Morgan fingerprint density at radius 3 is 2.48 bits per heavy atom. The molecule has 2 aliphatic rings. The number of thioether (sulfide) groups is 1. The van der Waals surface area contributed by atoms with Gasteiger partial charge in [0.25, 0.3) is 0 Å². The van der Waals surface area contributed by atoms with Crippen LogP contribution in [-0.4, -0.2) is 53.0 Å². The third kappa shape index (κ3) is 5.40. The van der Waals surface area contributed by atoms with E-state index >= 15 is 0 Å². The van der Waals surface area contributed by atoms with Gasteiger partial charge >= 0.3 is 0 Å². The van der Waals surface area contributed by atoms with Crippen LogP contribution in [0.5, 0.6) is 0 Å². The molecule has 2 amide bonds. The van der Waals surface area contributed by atoms with Crippen molar-refractivity contribution in [2.24, 2.45) is 11.3 Å². The van der Waals surface area contributed by atoms with Gasteiger partial charge in [0.1, 0.15) is 6.04 Å². The van der Waals surface area contributed by atoms with Crippen molar-refractivity contribution in [2.75, 3.05) is 25.1 Å². The summed E-state index contributed by atoms with van der Waals surface area (Å²) in [5.41, 5.74) is -0.771. The van der Waals surface area contributed by atoms with Crippen molar-refractivity contribution in [3.05, 3.63) is 34.9 Å². The van der Waals surface area contributed by atoms with Gasteiger partial charge in [0.2, 0.25) is 11.8 Å². The van der Waals surface area contributed by atoms with Gasteiger partial charge in [0.05, 0.1) is 5.60 Å². The maximum atomic E-state index is 13.4. The maximum absolute atomic E-state index is 13.4. The van der Waals surface area contributed by atoms with Crippen molar-refractivity contribution in [3.8, 4) is 0 Å². The lowest BCUT2D eigenvalue weighted by Gasteiger charge is -2.51. The molecule has 0 unspecified atom stereocenters. The Bertz CT molecular complexity index is 780. The zero-order valence-electron chi connectivity index (χ0n) is 18.8. The van der Waals surface area contributed by atoms with E-state index in [0.29, 0.717) is 31.0 Å². The fourth-order valence-electron chi connectivity index (χ4n) is 4.96. The Labute approximate surface area is 195 Å². The van der Waals surface area contributed by atoms with Gasteiger partial charge in [-0.2, -0.15) is 11.8 Å². The van der Waals surface area contributed by atoms with Gasteiger partial charge in [-0.15, -0.1) is 0 Å². The van der Waals surface area contributed by atoms with Crippen molar-refractivity contribution in [1.82, 2.24) is 10.2 Å². The monoisotopic (exact) mass is 466 g/mol. The van der Waals surface area contributed by atoms with E-state index in [4.69, 9.17) is 11.6 Å². The molecule has 7 heteroatoms. The second-order valence-corrected chi connectivity index (χ2v) is 11.0. The number of nitrogens with zero attached hydrogens (tertiary/aromatic N) is 1. The molecule has 2 N–H and O–H groups in total. The predicted octanol–water partition coefficient (Wildman–Crippen LogP) is 4.21. The van der Waals surface area contributed by atoms with Gasteiger partial charge in [-0.3, -0.25) is 9.59 Å². The fourth-order valence-corrected chi connectivity index (χ4v) is 5.56. The van der Waals surface area contributed by atoms with Crippen molar-refractivity contribution in [3.63, 3.8) is 0 Å². The number of nitrogens with one attached hydrogen (secondary N) is 1.